The molecular weight excluding hydrogens is 320 g/mol. The molecule has 0 spiro atoms. The van der Waals surface area contributed by atoms with Gasteiger partial charge in [0.25, 0.3) is 0 Å². The van der Waals surface area contributed by atoms with Gasteiger partial charge >= 0.3 is 0 Å². The molecule has 7 nitrogen and oxygen atoms in total. The number of hydrogen-bond acceptors (Lipinski definition) is 7. The first-order valence-corrected chi connectivity index (χ1v) is 9.53. The fraction of sp³-hybridized carbons (Fsp3) is 0.778. The van der Waals surface area contributed by atoms with E-state index in [2.05, 4.69) is 25.8 Å². The standard InChI is InChI=1S/C18H28N4O3/c23-12-15-3-1-2-6-22(15)17-11-16(19-13-20-17)21-7-4-14(5-8-21)18-24-9-10-25-18/h11,13-15,18,23H,1-10,12H2. The lowest BCUT2D eigenvalue weighted by molar-refractivity contribution is -0.0889. The van der Waals surface area contributed by atoms with E-state index >= 15 is 0 Å². The molecule has 138 valence electrons. The molecule has 3 aliphatic heterocycles. The predicted octanol–water partition coefficient (Wildman–Crippen LogP) is 1.42. The maximum atomic E-state index is 9.65. The van der Waals surface area contributed by atoms with Crippen molar-refractivity contribution >= 4 is 11.6 Å². The average Bonchev–Trinajstić information content (AvgIpc) is 3.23. The Morgan fingerprint density at radius 2 is 1.76 bits per heavy atom. The fourth-order valence-corrected chi connectivity index (χ4v) is 4.21. The third kappa shape index (κ3) is 3.73. The number of piperidine rings is 2. The van der Waals surface area contributed by atoms with Crippen LogP contribution in [-0.2, 0) is 9.47 Å². The number of nitrogens with zero attached hydrogens (tertiary/aromatic N) is 4. The third-order valence-corrected chi connectivity index (χ3v) is 5.67. The first-order valence-electron chi connectivity index (χ1n) is 9.53. The van der Waals surface area contributed by atoms with Crippen LogP contribution in [0.25, 0.3) is 0 Å². The number of ether oxygens (including phenoxy) is 2. The maximum Gasteiger partial charge on any atom is 0.160 e. The summed E-state index contributed by atoms with van der Waals surface area (Å²) in [4.78, 5) is 13.5. The molecule has 1 N–H and O–H groups in total. The fourth-order valence-electron chi connectivity index (χ4n) is 4.21. The Morgan fingerprint density at radius 3 is 2.52 bits per heavy atom. The highest BCUT2D eigenvalue weighted by molar-refractivity contribution is 5.51. The Hall–Kier alpha value is -1.44. The lowest BCUT2D eigenvalue weighted by atomic mass is 9.96. The number of aliphatic hydroxyl groups is 1. The second-order valence-corrected chi connectivity index (χ2v) is 7.19. The third-order valence-electron chi connectivity index (χ3n) is 5.67. The van der Waals surface area contributed by atoms with Crippen LogP contribution in [0.4, 0.5) is 11.6 Å². The summed E-state index contributed by atoms with van der Waals surface area (Å²) in [5, 5.41) is 9.65. The lowest BCUT2D eigenvalue weighted by Crippen LogP contribution is -2.42. The van der Waals surface area contributed by atoms with Gasteiger partial charge in [-0.2, -0.15) is 0 Å². The summed E-state index contributed by atoms with van der Waals surface area (Å²) in [6.45, 7) is 4.53. The van der Waals surface area contributed by atoms with E-state index in [4.69, 9.17) is 9.47 Å². The van der Waals surface area contributed by atoms with E-state index in [1.165, 1.54) is 6.42 Å². The highest BCUT2D eigenvalue weighted by Crippen LogP contribution is 2.30. The van der Waals surface area contributed by atoms with E-state index in [0.717, 1.165) is 70.2 Å². The van der Waals surface area contributed by atoms with Crippen LogP contribution in [-0.4, -0.2) is 66.9 Å². The van der Waals surface area contributed by atoms with E-state index < -0.39 is 0 Å². The smallest absolute Gasteiger partial charge is 0.160 e. The maximum absolute atomic E-state index is 9.65. The van der Waals surface area contributed by atoms with Crippen LogP contribution in [0.15, 0.2) is 12.4 Å². The topological polar surface area (TPSA) is 71.0 Å². The molecule has 1 aromatic heterocycles. The molecule has 1 atom stereocenters. The molecular formula is C18H28N4O3. The highest BCUT2D eigenvalue weighted by atomic mass is 16.7. The van der Waals surface area contributed by atoms with Crippen LogP contribution in [0, 0.1) is 5.92 Å². The normalized spacial score (nSPS) is 26.4. The number of rotatable bonds is 4. The molecule has 0 aliphatic carbocycles. The van der Waals surface area contributed by atoms with E-state index in [0.29, 0.717) is 5.92 Å². The molecule has 25 heavy (non-hydrogen) atoms. The minimum atomic E-state index is -0.0122. The van der Waals surface area contributed by atoms with Crippen LogP contribution in [0.3, 0.4) is 0 Å². The lowest BCUT2D eigenvalue weighted by Gasteiger charge is -2.37. The van der Waals surface area contributed by atoms with Crippen LogP contribution in [0.2, 0.25) is 0 Å². The number of aromatic nitrogens is 2. The van der Waals surface area contributed by atoms with E-state index in [1.54, 1.807) is 6.33 Å². The summed E-state index contributed by atoms with van der Waals surface area (Å²) in [5.41, 5.74) is 0. The molecule has 0 saturated carbocycles. The molecule has 3 fully saturated rings. The summed E-state index contributed by atoms with van der Waals surface area (Å²) in [6, 6.07) is 2.26. The number of anilines is 2. The Morgan fingerprint density at radius 1 is 1.00 bits per heavy atom. The average molecular weight is 348 g/mol. The number of hydrogen-bond donors (Lipinski definition) is 1. The molecule has 0 radical (unpaired) electrons. The zero-order chi connectivity index (χ0) is 17.1. The van der Waals surface area contributed by atoms with Gasteiger partial charge in [0.1, 0.15) is 18.0 Å². The predicted molar refractivity (Wildman–Crippen MR) is 94.7 cm³/mol. The zero-order valence-electron chi connectivity index (χ0n) is 14.7. The van der Waals surface area contributed by atoms with Crippen molar-refractivity contribution in [3.8, 4) is 0 Å². The van der Waals surface area contributed by atoms with Gasteiger partial charge in [0.05, 0.1) is 25.9 Å². The van der Waals surface area contributed by atoms with Gasteiger partial charge in [0.15, 0.2) is 6.29 Å². The van der Waals surface area contributed by atoms with Crippen molar-refractivity contribution in [2.75, 3.05) is 49.3 Å². The Balaban J connectivity index is 1.41. The Labute approximate surface area is 149 Å². The molecule has 0 amide bonds. The number of aliphatic hydroxyl groups excluding tert-OH is 1. The van der Waals surface area contributed by atoms with Crippen molar-refractivity contribution in [2.24, 2.45) is 5.92 Å². The summed E-state index contributed by atoms with van der Waals surface area (Å²) in [7, 11) is 0. The van der Waals surface area contributed by atoms with Gasteiger partial charge in [-0.1, -0.05) is 0 Å². The van der Waals surface area contributed by atoms with Gasteiger partial charge in [-0.25, -0.2) is 9.97 Å². The van der Waals surface area contributed by atoms with E-state index in [9.17, 15) is 5.11 Å². The van der Waals surface area contributed by atoms with Crippen molar-refractivity contribution in [3.63, 3.8) is 0 Å². The largest absolute Gasteiger partial charge is 0.394 e. The van der Waals surface area contributed by atoms with Gasteiger partial charge in [-0.3, -0.25) is 0 Å². The van der Waals surface area contributed by atoms with E-state index in [-0.39, 0.29) is 18.9 Å². The Bertz CT molecular complexity index is 559. The summed E-state index contributed by atoms with van der Waals surface area (Å²) in [5.74, 6) is 2.41. The summed E-state index contributed by atoms with van der Waals surface area (Å²) in [6.07, 6.45) is 7.13. The van der Waals surface area contributed by atoms with Crippen LogP contribution in [0.1, 0.15) is 32.1 Å². The van der Waals surface area contributed by atoms with Gasteiger partial charge < -0.3 is 24.4 Å². The molecule has 0 bridgehead atoms. The first-order chi connectivity index (χ1) is 12.3. The molecule has 3 aliphatic rings. The Kier molecular flexibility index (Phi) is 5.33. The van der Waals surface area contributed by atoms with Crippen molar-refractivity contribution < 1.29 is 14.6 Å². The van der Waals surface area contributed by atoms with Crippen molar-refractivity contribution in [2.45, 2.75) is 44.4 Å². The van der Waals surface area contributed by atoms with Gasteiger partial charge in [-0.15, -0.1) is 0 Å². The SMILES string of the molecule is OCC1CCCCN1c1cc(N2CCC(C3OCCO3)CC2)ncn1. The van der Waals surface area contributed by atoms with E-state index in [1.807, 2.05) is 0 Å². The molecule has 0 aromatic carbocycles. The molecule has 3 saturated heterocycles. The molecule has 4 rings (SSSR count). The minimum absolute atomic E-state index is 0.0122. The van der Waals surface area contributed by atoms with Crippen molar-refractivity contribution in [1.29, 1.82) is 0 Å². The highest BCUT2D eigenvalue weighted by Gasteiger charge is 2.31. The van der Waals surface area contributed by atoms with Gasteiger partial charge in [0.2, 0.25) is 0 Å². The molecule has 7 heteroatoms. The van der Waals surface area contributed by atoms with Crippen LogP contribution in [0.5, 0.6) is 0 Å². The summed E-state index contributed by atoms with van der Waals surface area (Å²) < 4.78 is 11.3. The monoisotopic (exact) mass is 348 g/mol. The quantitative estimate of drug-likeness (QED) is 0.882. The second kappa shape index (κ2) is 7.85. The molecule has 1 aromatic rings. The van der Waals surface area contributed by atoms with Crippen molar-refractivity contribution in [1.82, 2.24) is 9.97 Å². The first kappa shape index (κ1) is 17.0. The molecule has 1 unspecified atom stereocenters. The van der Waals surface area contributed by atoms with Gasteiger partial charge in [-0.05, 0) is 32.1 Å². The second-order valence-electron chi connectivity index (χ2n) is 7.19. The zero-order valence-corrected chi connectivity index (χ0v) is 14.7. The van der Waals surface area contributed by atoms with Gasteiger partial charge in [0, 0.05) is 31.6 Å². The minimum Gasteiger partial charge on any atom is -0.394 e. The molecule has 4 heterocycles. The summed E-state index contributed by atoms with van der Waals surface area (Å²) >= 11 is 0. The van der Waals surface area contributed by atoms with Crippen molar-refractivity contribution in [3.05, 3.63) is 12.4 Å². The van der Waals surface area contributed by atoms with Crippen LogP contribution >= 0.6 is 0 Å². The van der Waals surface area contributed by atoms with Crippen LogP contribution < -0.4 is 9.80 Å².